The average Bonchev–Trinajstić information content (AvgIpc) is 3.54. The first-order valence-electron chi connectivity index (χ1n) is 9.50. The van der Waals surface area contributed by atoms with Crippen LogP contribution in [-0.4, -0.2) is 25.4 Å². The number of hydrogen-bond acceptors (Lipinski definition) is 6. The van der Waals surface area contributed by atoms with Gasteiger partial charge in [0.2, 0.25) is 0 Å². The first-order valence-corrected chi connectivity index (χ1v) is 9.50. The van der Waals surface area contributed by atoms with Crippen LogP contribution in [0.2, 0.25) is 0 Å². The summed E-state index contributed by atoms with van der Waals surface area (Å²) in [7, 11) is 1.59. The largest absolute Gasteiger partial charge is 0.420 e. The molecule has 1 saturated carbocycles. The number of carbonyl (C=O) groups excluding carboxylic acids is 1. The Morgan fingerprint density at radius 1 is 1.19 bits per heavy atom. The van der Waals surface area contributed by atoms with Gasteiger partial charge in [0.1, 0.15) is 17.2 Å². The van der Waals surface area contributed by atoms with E-state index >= 15 is 0 Å². The van der Waals surface area contributed by atoms with Gasteiger partial charge in [-0.05, 0) is 31.0 Å². The summed E-state index contributed by atoms with van der Waals surface area (Å²) in [6.45, 7) is 0. The van der Waals surface area contributed by atoms with Crippen LogP contribution < -0.4 is 11.1 Å². The lowest BCUT2D eigenvalue weighted by molar-refractivity contribution is 0.101. The number of hydrogen-bond donors (Lipinski definition) is 1. The maximum atomic E-state index is 13.8. The molecule has 0 aliphatic heterocycles. The van der Waals surface area contributed by atoms with Crippen LogP contribution in [0.3, 0.4) is 0 Å². The molecule has 1 aliphatic rings. The summed E-state index contributed by atoms with van der Waals surface area (Å²) in [6.07, 6.45) is 4.66. The van der Waals surface area contributed by atoms with Gasteiger partial charge in [0.15, 0.2) is 17.0 Å². The van der Waals surface area contributed by atoms with E-state index < -0.39 is 28.9 Å². The van der Waals surface area contributed by atoms with E-state index in [9.17, 15) is 18.4 Å². The van der Waals surface area contributed by atoms with E-state index in [1.54, 1.807) is 13.1 Å². The first kappa shape index (κ1) is 19.0. The van der Waals surface area contributed by atoms with Gasteiger partial charge in [0.05, 0.1) is 23.8 Å². The fourth-order valence-electron chi connectivity index (χ4n) is 3.36. The number of rotatable bonds is 4. The maximum absolute atomic E-state index is 13.8. The summed E-state index contributed by atoms with van der Waals surface area (Å²) in [5.74, 6) is -3.13. The van der Waals surface area contributed by atoms with Crippen molar-refractivity contribution < 1.29 is 18.0 Å². The Labute approximate surface area is 173 Å². The smallest absolute Gasteiger partial charge is 0.406 e. The highest BCUT2D eigenvalue weighted by molar-refractivity contribution is 6.04. The topological polar surface area (TPSA) is 103 Å². The van der Waals surface area contributed by atoms with Crippen LogP contribution in [0.5, 0.6) is 0 Å². The number of oxazole rings is 1. The van der Waals surface area contributed by atoms with Gasteiger partial charge in [-0.15, -0.1) is 0 Å². The van der Waals surface area contributed by atoms with Crippen molar-refractivity contribution in [2.75, 3.05) is 5.32 Å². The summed E-state index contributed by atoms with van der Waals surface area (Å²) < 4.78 is 34.2. The van der Waals surface area contributed by atoms with Crippen LogP contribution >= 0.6 is 0 Å². The van der Waals surface area contributed by atoms with Gasteiger partial charge in [-0.2, -0.15) is 0 Å². The molecule has 1 aliphatic carbocycles. The van der Waals surface area contributed by atoms with E-state index in [-0.39, 0.29) is 11.7 Å². The normalized spacial score (nSPS) is 13.5. The van der Waals surface area contributed by atoms with E-state index in [0.29, 0.717) is 22.5 Å². The Balaban J connectivity index is 1.48. The third kappa shape index (κ3) is 3.35. The van der Waals surface area contributed by atoms with Gasteiger partial charge in [0.25, 0.3) is 5.91 Å². The Morgan fingerprint density at radius 2 is 1.94 bits per heavy atom. The van der Waals surface area contributed by atoms with Crippen LogP contribution in [0.15, 0.2) is 45.9 Å². The predicted molar refractivity (Wildman–Crippen MR) is 107 cm³/mol. The lowest BCUT2D eigenvalue weighted by Gasteiger charge is -2.09. The van der Waals surface area contributed by atoms with Crippen LogP contribution in [-0.2, 0) is 7.05 Å². The van der Waals surface area contributed by atoms with Crippen molar-refractivity contribution in [2.45, 2.75) is 18.8 Å². The molecule has 0 radical (unpaired) electrons. The Morgan fingerprint density at radius 3 is 2.58 bits per heavy atom. The van der Waals surface area contributed by atoms with Gasteiger partial charge >= 0.3 is 5.76 Å². The molecule has 0 bridgehead atoms. The van der Waals surface area contributed by atoms with Crippen LogP contribution in [0.4, 0.5) is 14.6 Å². The van der Waals surface area contributed by atoms with E-state index in [2.05, 4.69) is 20.3 Å². The standard InChI is InChI=1S/C21H15F2N5O3/c1-28-19-15(31-21(28)30)7-11(18(27-19)10-5-6-10)14-8-25-16(9-24-14)26-20(29)17-12(22)3-2-4-13(17)23/h2-4,7-10H,5-6H2,1H3,(H,25,26,29). The molecule has 1 aromatic carbocycles. The van der Waals surface area contributed by atoms with Crippen LogP contribution in [0.25, 0.3) is 22.5 Å². The number of aryl methyl sites for hydroxylation is 1. The van der Waals surface area contributed by atoms with Crippen molar-refractivity contribution in [3.8, 4) is 11.3 Å². The Hall–Kier alpha value is -3.95. The van der Waals surface area contributed by atoms with Crippen molar-refractivity contribution in [2.24, 2.45) is 7.05 Å². The summed E-state index contributed by atoms with van der Waals surface area (Å²) in [4.78, 5) is 37.1. The molecule has 5 rings (SSSR count). The molecule has 0 atom stereocenters. The zero-order valence-corrected chi connectivity index (χ0v) is 16.2. The molecule has 1 fully saturated rings. The van der Waals surface area contributed by atoms with Crippen molar-refractivity contribution in [3.63, 3.8) is 0 Å². The minimum Gasteiger partial charge on any atom is -0.406 e. The fraction of sp³-hybridized carbons (Fsp3) is 0.190. The molecule has 0 unspecified atom stereocenters. The van der Waals surface area contributed by atoms with Crippen molar-refractivity contribution in [1.82, 2.24) is 19.5 Å². The summed E-state index contributed by atoms with van der Waals surface area (Å²) in [5.41, 5.74) is 2.04. The monoisotopic (exact) mass is 423 g/mol. The molecule has 3 heterocycles. The quantitative estimate of drug-likeness (QED) is 0.540. The molecule has 1 amide bonds. The minimum atomic E-state index is -0.972. The second-order valence-corrected chi connectivity index (χ2v) is 7.28. The molecule has 3 aromatic heterocycles. The van der Waals surface area contributed by atoms with Crippen LogP contribution in [0.1, 0.15) is 34.8 Å². The van der Waals surface area contributed by atoms with E-state index in [1.165, 1.54) is 23.0 Å². The van der Waals surface area contributed by atoms with Crippen molar-refractivity contribution in [1.29, 1.82) is 0 Å². The highest BCUT2D eigenvalue weighted by Crippen LogP contribution is 2.43. The molecular weight excluding hydrogens is 408 g/mol. The SMILES string of the molecule is Cn1c(=O)oc2cc(-c3cnc(NC(=O)c4c(F)cccc4F)cn3)c(C3CC3)nc21. The molecule has 156 valence electrons. The van der Waals surface area contributed by atoms with Crippen molar-refractivity contribution in [3.05, 3.63) is 70.1 Å². The molecule has 8 nitrogen and oxygen atoms in total. The number of pyridine rings is 1. The van der Waals surface area contributed by atoms with E-state index in [1.807, 2.05) is 0 Å². The number of halogens is 2. The fourth-order valence-corrected chi connectivity index (χ4v) is 3.36. The predicted octanol–water partition coefficient (Wildman–Crippen LogP) is 3.39. The van der Waals surface area contributed by atoms with Gasteiger partial charge in [-0.3, -0.25) is 14.3 Å². The summed E-state index contributed by atoms with van der Waals surface area (Å²) >= 11 is 0. The summed E-state index contributed by atoms with van der Waals surface area (Å²) in [6, 6.07) is 4.87. The number of nitrogens with one attached hydrogen (secondary N) is 1. The van der Waals surface area contributed by atoms with E-state index in [4.69, 9.17) is 4.42 Å². The van der Waals surface area contributed by atoms with Gasteiger partial charge < -0.3 is 9.73 Å². The molecule has 0 saturated heterocycles. The molecule has 10 heteroatoms. The van der Waals surface area contributed by atoms with Gasteiger partial charge in [-0.1, -0.05) is 6.07 Å². The number of nitrogens with zero attached hydrogens (tertiary/aromatic N) is 4. The number of carbonyl (C=O) groups is 1. The first-order chi connectivity index (χ1) is 14.9. The third-order valence-corrected chi connectivity index (χ3v) is 5.11. The minimum absolute atomic E-state index is 0.0321. The number of benzene rings is 1. The summed E-state index contributed by atoms with van der Waals surface area (Å²) in [5, 5.41) is 2.34. The number of anilines is 1. The second kappa shape index (κ2) is 7.08. The third-order valence-electron chi connectivity index (χ3n) is 5.11. The molecule has 31 heavy (non-hydrogen) atoms. The lowest BCUT2D eigenvalue weighted by Crippen LogP contribution is -2.16. The van der Waals surface area contributed by atoms with Crippen molar-refractivity contribution >= 4 is 23.0 Å². The number of aromatic nitrogens is 4. The molecule has 1 N–H and O–H groups in total. The number of fused-ring (bicyclic) bond motifs is 1. The maximum Gasteiger partial charge on any atom is 0.420 e. The van der Waals surface area contributed by atoms with Crippen LogP contribution in [0, 0.1) is 11.6 Å². The molecular formula is C21H15F2N5O3. The highest BCUT2D eigenvalue weighted by Gasteiger charge is 2.30. The Bertz CT molecular complexity index is 1370. The second-order valence-electron chi connectivity index (χ2n) is 7.28. The molecule has 4 aromatic rings. The van der Waals surface area contributed by atoms with Gasteiger partial charge in [-0.25, -0.2) is 23.5 Å². The number of amides is 1. The van der Waals surface area contributed by atoms with Gasteiger partial charge in [0, 0.05) is 18.5 Å². The molecule has 0 spiro atoms. The zero-order chi connectivity index (χ0) is 21.7. The average molecular weight is 423 g/mol. The zero-order valence-electron chi connectivity index (χ0n) is 16.2. The highest BCUT2D eigenvalue weighted by atomic mass is 19.1. The van der Waals surface area contributed by atoms with E-state index in [0.717, 1.165) is 30.7 Å². The lowest BCUT2D eigenvalue weighted by atomic mass is 10.1. The Kier molecular flexibility index (Phi) is 4.35.